The number of piperazine rings is 1. The maximum absolute atomic E-state index is 11.7. The highest BCUT2D eigenvalue weighted by molar-refractivity contribution is 9.10. The minimum atomic E-state index is -0.348. The predicted octanol–water partition coefficient (Wildman–Crippen LogP) is 5.61. The number of thiazole rings is 1. The average molecular weight is 539 g/mol. The van der Waals surface area contributed by atoms with Crippen molar-refractivity contribution < 1.29 is 4.92 Å². The summed E-state index contributed by atoms with van der Waals surface area (Å²) >= 11 is 5.13. The average Bonchev–Trinajstić information content (AvgIpc) is 3.45. The zero-order valence-electron chi connectivity index (χ0n) is 18.8. The van der Waals surface area contributed by atoms with Crippen molar-refractivity contribution >= 4 is 43.8 Å². The summed E-state index contributed by atoms with van der Waals surface area (Å²) in [5, 5.41) is 19.2. The number of nitro benzene ring substituents is 1. The molecule has 0 atom stereocenters. The Hall–Kier alpha value is -3.24. The number of benzene rings is 2. The first-order chi connectivity index (χ1) is 16.4. The lowest BCUT2D eigenvalue weighted by Gasteiger charge is -2.36. The summed E-state index contributed by atoms with van der Waals surface area (Å²) < 4.78 is 2.71. The van der Waals surface area contributed by atoms with Crippen molar-refractivity contribution in [2.75, 3.05) is 36.0 Å². The van der Waals surface area contributed by atoms with Crippen molar-refractivity contribution in [3.8, 4) is 16.9 Å². The van der Waals surface area contributed by atoms with E-state index in [4.69, 9.17) is 4.98 Å². The standard InChI is InChI=1S/C24H23BrN6O2S/c1-16-13-17(2)30(27-16)23-14-20(7-8-22(23)31(32)33)28-9-11-29(12-10-28)24-26-21(15-34-24)18-3-5-19(25)6-4-18/h3-8,13-15H,9-12H2,1-2H3. The molecule has 0 radical (unpaired) electrons. The van der Waals surface area contributed by atoms with Crippen LogP contribution < -0.4 is 9.80 Å². The van der Waals surface area contributed by atoms with Crippen LogP contribution >= 0.6 is 27.3 Å². The molecular weight excluding hydrogens is 516 g/mol. The molecule has 0 amide bonds. The third kappa shape index (κ3) is 4.43. The molecule has 5 rings (SSSR count). The van der Waals surface area contributed by atoms with Crippen molar-refractivity contribution in [2.45, 2.75) is 13.8 Å². The second kappa shape index (κ2) is 9.19. The van der Waals surface area contributed by atoms with Gasteiger partial charge in [-0.2, -0.15) is 5.10 Å². The fourth-order valence-corrected chi connectivity index (χ4v) is 5.38. The normalized spacial score (nSPS) is 14.0. The molecule has 0 saturated carbocycles. The van der Waals surface area contributed by atoms with E-state index in [9.17, 15) is 10.1 Å². The summed E-state index contributed by atoms with van der Waals surface area (Å²) in [5.41, 5.74) is 5.30. The van der Waals surface area contributed by atoms with E-state index in [1.165, 1.54) is 0 Å². The van der Waals surface area contributed by atoms with Gasteiger partial charge in [0, 0.05) is 59.0 Å². The monoisotopic (exact) mass is 538 g/mol. The maximum atomic E-state index is 11.7. The van der Waals surface area contributed by atoms with Gasteiger partial charge in [0.2, 0.25) is 0 Å². The van der Waals surface area contributed by atoms with E-state index in [2.05, 4.69) is 48.3 Å². The van der Waals surface area contributed by atoms with Crippen LogP contribution in [-0.2, 0) is 0 Å². The minimum absolute atomic E-state index is 0.0526. The van der Waals surface area contributed by atoms with Crippen LogP contribution in [0, 0.1) is 24.0 Å². The van der Waals surface area contributed by atoms with E-state index in [1.807, 2.05) is 44.2 Å². The Balaban J connectivity index is 1.33. The molecule has 3 heterocycles. The summed E-state index contributed by atoms with van der Waals surface area (Å²) in [5.74, 6) is 0. The molecule has 0 N–H and O–H groups in total. The smallest absolute Gasteiger partial charge is 0.295 e. The van der Waals surface area contributed by atoms with Crippen molar-refractivity contribution in [3.63, 3.8) is 0 Å². The fraction of sp³-hybridized carbons (Fsp3) is 0.250. The number of hydrogen-bond acceptors (Lipinski definition) is 7. The van der Waals surface area contributed by atoms with Gasteiger partial charge in [0.05, 0.1) is 16.3 Å². The molecule has 2 aromatic carbocycles. The van der Waals surface area contributed by atoms with E-state index < -0.39 is 0 Å². The summed E-state index contributed by atoms with van der Waals surface area (Å²) in [6, 6.07) is 15.4. The van der Waals surface area contributed by atoms with Crippen molar-refractivity contribution in [1.29, 1.82) is 0 Å². The first-order valence-electron chi connectivity index (χ1n) is 10.9. The van der Waals surface area contributed by atoms with E-state index in [0.29, 0.717) is 5.69 Å². The van der Waals surface area contributed by atoms with Crippen LogP contribution in [0.3, 0.4) is 0 Å². The van der Waals surface area contributed by atoms with Gasteiger partial charge in [-0.1, -0.05) is 28.1 Å². The number of aryl methyl sites for hydroxylation is 2. The second-order valence-electron chi connectivity index (χ2n) is 8.27. The summed E-state index contributed by atoms with van der Waals surface area (Å²) in [7, 11) is 0. The number of nitrogens with zero attached hydrogens (tertiary/aromatic N) is 6. The molecule has 0 aliphatic carbocycles. The van der Waals surface area contributed by atoms with Gasteiger partial charge in [0.25, 0.3) is 5.69 Å². The highest BCUT2D eigenvalue weighted by Gasteiger charge is 2.24. The molecule has 1 fully saturated rings. The van der Waals surface area contributed by atoms with Crippen LogP contribution in [-0.4, -0.2) is 45.9 Å². The van der Waals surface area contributed by atoms with Crippen molar-refractivity contribution in [1.82, 2.24) is 14.8 Å². The first-order valence-corrected chi connectivity index (χ1v) is 12.6. The van der Waals surface area contributed by atoms with Gasteiger partial charge in [-0.3, -0.25) is 10.1 Å². The molecule has 1 saturated heterocycles. The molecule has 0 bridgehead atoms. The molecule has 0 spiro atoms. The number of rotatable bonds is 5. The quantitative estimate of drug-likeness (QED) is 0.242. The lowest BCUT2D eigenvalue weighted by molar-refractivity contribution is -0.384. The molecule has 174 valence electrons. The molecular formula is C24H23BrN6O2S. The van der Waals surface area contributed by atoms with E-state index in [0.717, 1.165) is 64.1 Å². The van der Waals surface area contributed by atoms with Crippen LogP contribution in [0.25, 0.3) is 16.9 Å². The molecule has 2 aromatic heterocycles. The van der Waals surface area contributed by atoms with Crippen molar-refractivity contribution in [2.24, 2.45) is 0 Å². The number of hydrogen-bond donors (Lipinski definition) is 0. The highest BCUT2D eigenvalue weighted by atomic mass is 79.9. The highest BCUT2D eigenvalue weighted by Crippen LogP contribution is 2.32. The molecule has 1 aliphatic rings. The number of nitro groups is 1. The van der Waals surface area contributed by atoms with Crippen LogP contribution in [0.5, 0.6) is 0 Å². The van der Waals surface area contributed by atoms with E-state index in [-0.39, 0.29) is 10.6 Å². The summed E-state index contributed by atoms with van der Waals surface area (Å²) in [6.07, 6.45) is 0. The van der Waals surface area contributed by atoms with E-state index >= 15 is 0 Å². The Morgan fingerprint density at radius 3 is 2.35 bits per heavy atom. The summed E-state index contributed by atoms with van der Waals surface area (Å²) in [6.45, 7) is 7.08. The topological polar surface area (TPSA) is 80.3 Å². The lowest BCUT2D eigenvalue weighted by Crippen LogP contribution is -2.46. The molecule has 0 unspecified atom stereocenters. The number of anilines is 2. The van der Waals surface area contributed by atoms with Gasteiger partial charge in [-0.15, -0.1) is 11.3 Å². The van der Waals surface area contributed by atoms with Crippen LogP contribution in [0.4, 0.5) is 16.5 Å². The molecule has 8 nitrogen and oxygen atoms in total. The molecule has 1 aliphatic heterocycles. The maximum Gasteiger partial charge on any atom is 0.295 e. The van der Waals surface area contributed by atoms with E-state index in [1.54, 1.807) is 22.1 Å². The fourth-order valence-electron chi connectivity index (χ4n) is 4.22. The number of halogens is 1. The largest absolute Gasteiger partial charge is 0.368 e. The van der Waals surface area contributed by atoms with Crippen LogP contribution in [0.2, 0.25) is 0 Å². The zero-order valence-corrected chi connectivity index (χ0v) is 21.2. The molecule has 34 heavy (non-hydrogen) atoms. The SMILES string of the molecule is Cc1cc(C)n(-c2cc(N3CCN(c4nc(-c5ccc(Br)cc5)cs4)CC3)ccc2[N+](=O)[O-])n1. The minimum Gasteiger partial charge on any atom is -0.368 e. The summed E-state index contributed by atoms with van der Waals surface area (Å²) in [4.78, 5) is 20.7. The first kappa shape index (κ1) is 22.5. The van der Waals surface area contributed by atoms with Gasteiger partial charge in [0.1, 0.15) is 5.69 Å². The Morgan fingerprint density at radius 1 is 1.00 bits per heavy atom. The second-order valence-corrected chi connectivity index (χ2v) is 10.0. The third-order valence-electron chi connectivity index (χ3n) is 5.94. The Kier molecular flexibility index (Phi) is 6.09. The zero-order chi connectivity index (χ0) is 23.8. The molecule has 4 aromatic rings. The Bertz CT molecular complexity index is 1340. The third-order valence-corrected chi connectivity index (χ3v) is 7.37. The lowest BCUT2D eigenvalue weighted by atomic mass is 10.2. The van der Waals surface area contributed by atoms with Gasteiger partial charge >= 0.3 is 0 Å². The van der Waals surface area contributed by atoms with Gasteiger partial charge < -0.3 is 9.80 Å². The molecule has 10 heteroatoms. The predicted molar refractivity (Wildman–Crippen MR) is 139 cm³/mol. The van der Waals surface area contributed by atoms with Gasteiger partial charge in [-0.25, -0.2) is 9.67 Å². The number of aromatic nitrogens is 3. The van der Waals surface area contributed by atoms with Crippen molar-refractivity contribution in [3.05, 3.63) is 79.9 Å². The van der Waals surface area contributed by atoms with Gasteiger partial charge in [-0.05, 0) is 44.2 Å². The Labute approximate surface area is 209 Å². The Morgan fingerprint density at radius 2 is 1.71 bits per heavy atom. The van der Waals surface area contributed by atoms with Crippen LogP contribution in [0.1, 0.15) is 11.4 Å². The van der Waals surface area contributed by atoms with Gasteiger partial charge in [0.15, 0.2) is 5.13 Å². The van der Waals surface area contributed by atoms with Crippen LogP contribution in [0.15, 0.2) is 58.4 Å².